The maximum atomic E-state index is 13.6. The van der Waals surface area contributed by atoms with Crippen LogP contribution in [-0.4, -0.2) is 33.0 Å². The lowest BCUT2D eigenvalue weighted by Crippen LogP contribution is -2.25. The van der Waals surface area contributed by atoms with Gasteiger partial charge in [0, 0.05) is 25.1 Å². The lowest BCUT2D eigenvalue weighted by molar-refractivity contribution is 0.0959. The summed E-state index contributed by atoms with van der Waals surface area (Å²) in [6, 6.07) is 6.68. The van der Waals surface area contributed by atoms with Crippen molar-refractivity contribution in [2.45, 2.75) is 26.5 Å². The number of carbonyl (C=O) groups is 1. The first kappa shape index (κ1) is 22.2. The van der Waals surface area contributed by atoms with Crippen molar-refractivity contribution in [3.63, 3.8) is 0 Å². The predicted molar refractivity (Wildman–Crippen MR) is 120 cm³/mol. The number of benzene rings is 1. The first-order valence-corrected chi connectivity index (χ1v) is 11.4. The van der Waals surface area contributed by atoms with Crippen LogP contribution in [0.25, 0.3) is 10.6 Å². The fourth-order valence-corrected chi connectivity index (χ4v) is 4.85. The zero-order valence-electron chi connectivity index (χ0n) is 17.3. The fraction of sp³-hybridized carbons (Fsp3) is 0.333. The van der Waals surface area contributed by atoms with E-state index in [-0.39, 0.29) is 17.3 Å². The summed E-state index contributed by atoms with van der Waals surface area (Å²) in [7, 11) is 1.60. The molecule has 0 saturated heterocycles. The zero-order valence-corrected chi connectivity index (χ0v) is 18.9. The molecule has 1 amide bonds. The highest BCUT2D eigenvalue weighted by Crippen LogP contribution is 2.28. The number of halogens is 1. The van der Waals surface area contributed by atoms with Crippen molar-refractivity contribution < 1.29 is 9.18 Å². The minimum Gasteiger partial charge on any atom is -0.350 e. The largest absolute Gasteiger partial charge is 0.350 e. The van der Waals surface area contributed by atoms with Crippen molar-refractivity contribution in [3.8, 4) is 10.6 Å². The summed E-state index contributed by atoms with van der Waals surface area (Å²) >= 11 is 2.76. The van der Waals surface area contributed by atoms with Crippen LogP contribution in [0.1, 0.15) is 32.2 Å². The number of nitrogens with one attached hydrogen (secondary N) is 1. The maximum Gasteiger partial charge on any atom is 0.277 e. The molecule has 0 spiro atoms. The van der Waals surface area contributed by atoms with Crippen molar-refractivity contribution in [1.29, 1.82) is 0 Å². The number of aromatic nitrogens is 3. The highest BCUT2D eigenvalue weighted by Gasteiger charge is 2.20. The molecule has 158 valence electrons. The monoisotopic (exact) mass is 446 g/mol. The summed E-state index contributed by atoms with van der Waals surface area (Å²) < 4.78 is 14.9. The minimum absolute atomic E-state index is 0.213. The number of thiazole rings is 1. The van der Waals surface area contributed by atoms with Gasteiger partial charge in [-0.2, -0.15) is 16.9 Å². The zero-order chi connectivity index (χ0) is 21.8. The third kappa shape index (κ3) is 4.79. The second-order valence-electron chi connectivity index (χ2n) is 6.85. The number of carbonyl (C=O) groups excluding carboxylic acids is 1. The SMILES string of the molecule is Cc1nc(-c2c(C)c(C)nn(C)c2=O)sc1C(=O)NCCSCc1ccccc1F. The van der Waals surface area contributed by atoms with Gasteiger partial charge in [0.15, 0.2) is 0 Å². The van der Waals surface area contributed by atoms with E-state index in [4.69, 9.17) is 0 Å². The molecule has 0 saturated carbocycles. The molecule has 1 aromatic carbocycles. The topological polar surface area (TPSA) is 76.9 Å². The Hall–Kier alpha value is -2.52. The Balaban J connectivity index is 1.64. The van der Waals surface area contributed by atoms with Crippen LogP contribution in [0, 0.1) is 26.6 Å². The van der Waals surface area contributed by atoms with Crippen LogP contribution in [0.15, 0.2) is 29.1 Å². The third-order valence-electron chi connectivity index (χ3n) is 4.69. The van der Waals surface area contributed by atoms with Crippen LogP contribution in [0.3, 0.4) is 0 Å². The third-order valence-corrected chi connectivity index (χ3v) is 6.87. The molecule has 0 aliphatic heterocycles. The van der Waals surface area contributed by atoms with Crippen LogP contribution in [0.2, 0.25) is 0 Å². The molecule has 0 bridgehead atoms. The summed E-state index contributed by atoms with van der Waals surface area (Å²) in [5, 5.41) is 7.59. The van der Waals surface area contributed by atoms with Gasteiger partial charge in [-0.25, -0.2) is 14.1 Å². The average Bonchev–Trinajstić information content (AvgIpc) is 3.09. The Morgan fingerprint density at radius 3 is 2.70 bits per heavy atom. The van der Waals surface area contributed by atoms with Gasteiger partial charge >= 0.3 is 0 Å². The lowest BCUT2D eigenvalue weighted by atomic mass is 10.1. The number of nitrogens with zero attached hydrogens (tertiary/aromatic N) is 3. The predicted octanol–water partition coefficient (Wildman–Crippen LogP) is 3.63. The second kappa shape index (κ2) is 9.53. The molecule has 9 heteroatoms. The molecule has 30 heavy (non-hydrogen) atoms. The molecule has 2 aromatic heterocycles. The molecule has 0 aliphatic rings. The van der Waals surface area contributed by atoms with E-state index in [0.717, 1.165) is 11.3 Å². The molecule has 0 fully saturated rings. The van der Waals surface area contributed by atoms with E-state index in [1.54, 1.807) is 37.9 Å². The minimum atomic E-state index is -0.233. The number of hydrogen-bond donors (Lipinski definition) is 1. The van der Waals surface area contributed by atoms with Crippen molar-refractivity contribution in [2.75, 3.05) is 12.3 Å². The fourth-order valence-electron chi connectivity index (χ4n) is 2.93. The quantitative estimate of drug-likeness (QED) is 0.561. The van der Waals surface area contributed by atoms with Crippen LogP contribution >= 0.6 is 23.1 Å². The van der Waals surface area contributed by atoms with Crippen LogP contribution in [0.4, 0.5) is 4.39 Å². The molecule has 6 nitrogen and oxygen atoms in total. The molecule has 3 rings (SSSR count). The Labute approximate surface area is 182 Å². The van der Waals surface area contributed by atoms with E-state index in [0.29, 0.717) is 44.8 Å². The van der Waals surface area contributed by atoms with E-state index in [2.05, 4.69) is 15.4 Å². The molecular formula is C21H23FN4O2S2. The van der Waals surface area contributed by atoms with Gasteiger partial charge in [-0.15, -0.1) is 11.3 Å². The van der Waals surface area contributed by atoms with Gasteiger partial charge in [-0.1, -0.05) is 18.2 Å². The Bertz CT molecular complexity index is 1140. The van der Waals surface area contributed by atoms with Gasteiger partial charge < -0.3 is 5.32 Å². The Morgan fingerprint density at radius 1 is 1.23 bits per heavy atom. The van der Waals surface area contributed by atoms with Crippen LogP contribution in [-0.2, 0) is 12.8 Å². The number of aryl methyl sites for hydroxylation is 3. The molecule has 0 aliphatic carbocycles. The second-order valence-corrected chi connectivity index (χ2v) is 8.95. The van der Waals surface area contributed by atoms with Gasteiger partial charge in [0.25, 0.3) is 11.5 Å². The van der Waals surface area contributed by atoms with Crippen LogP contribution < -0.4 is 10.9 Å². The molecular weight excluding hydrogens is 423 g/mol. The van der Waals surface area contributed by atoms with Crippen molar-refractivity contribution in [2.24, 2.45) is 7.05 Å². The van der Waals surface area contributed by atoms with Crippen LogP contribution in [0.5, 0.6) is 0 Å². The summed E-state index contributed by atoms with van der Waals surface area (Å²) in [5.74, 6) is 0.780. The van der Waals surface area contributed by atoms with E-state index in [9.17, 15) is 14.0 Å². The maximum absolute atomic E-state index is 13.6. The van der Waals surface area contributed by atoms with Crippen molar-refractivity contribution in [3.05, 3.63) is 67.8 Å². The standard InChI is InChI=1S/C21H23FN4O2S2/c1-12-13(2)25-26(4)21(28)17(12)20-24-14(3)18(30-20)19(27)23-9-10-29-11-15-7-5-6-8-16(15)22/h5-8H,9-11H2,1-4H3,(H,23,27). The first-order valence-electron chi connectivity index (χ1n) is 9.41. The molecule has 0 atom stereocenters. The number of hydrogen-bond acceptors (Lipinski definition) is 6. The number of thioether (sulfide) groups is 1. The van der Waals surface area contributed by atoms with E-state index < -0.39 is 0 Å². The molecule has 3 aromatic rings. The highest BCUT2D eigenvalue weighted by atomic mass is 32.2. The smallest absolute Gasteiger partial charge is 0.277 e. The Kier molecular flexibility index (Phi) is 7.04. The first-order chi connectivity index (χ1) is 14.3. The molecule has 1 N–H and O–H groups in total. The van der Waals surface area contributed by atoms with Gasteiger partial charge in [-0.3, -0.25) is 9.59 Å². The highest BCUT2D eigenvalue weighted by molar-refractivity contribution is 7.98. The Morgan fingerprint density at radius 2 is 1.97 bits per heavy atom. The molecule has 2 heterocycles. The summed E-state index contributed by atoms with van der Waals surface area (Å²) in [5.41, 5.74) is 3.01. The summed E-state index contributed by atoms with van der Waals surface area (Å²) in [4.78, 5) is 30.1. The summed E-state index contributed by atoms with van der Waals surface area (Å²) in [6.45, 7) is 5.89. The van der Waals surface area contributed by atoms with Crippen molar-refractivity contribution >= 4 is 29.0 Å². The normalized spacial score (nSPS) is 11.0. The van der Waals surface area contributed by atoms with Gasteiger partial charge in [-0.05, 0) is 38.0 Å². The summed E-state index contributed by atoms with van der Waals surface area (Å²) in [6.07, 6.45) is 0. The van der Waals surface area contributed by atoms with E-state index in [1.165, 1.54) is 22.1 Å². The van der Waals surface area contributed by atoms with Gasteiger partial charge in [0.1, 0.15) is 15.7 Å². The molecule has 0 radical (unpaired) electrons. The average molecular weight is 447 g/mol. The number of amides is 1. The number of rotatable bonds is 7. The van der Waals surface area contributed by atoms with E-state index >= 15 is 0 Å². The van der Waals surface area contributed by atoms with Gasteiger partial charge in [0.05, 0.1) is 17.0 Å². The van der Waals surface area contributed by atoms with E-state index in [1.807, 2.05) is 19.9 Å². The van der Waals surface area contributed by atoms with Crippen molar-refractivity contribution in [1.82, 2.24) is 20.1 Å². The lowest BCUT2D eigenvalue weighted by Gasteiger charge is -2.07. The van der Waals surface area contributed by atoms with Gasteiger partial charge in [0.2, 0.25) is 0 Å². The molecule has 0 unspecified atom stereocenters.